The van der Waals surface area contributed by atoms with Crippen LogP contribution in [0.1, 0.15) is 36.3 Å². The molecule has 1 aliphatic rings. The lowest BCUT2D eigenvalue weighted by Crippen LogP contribution is -2.14. The van der Waals surface area contributed by atoms with Gasteiger partial charge in [-0.15, -0.1) is 0 Å². The van der Waals surface area contributed by atoms with E-state index in [1.807, 2.05) is 24.3 Å². The van der Waals surface area contributed by atoms with Crippen molar-refractivity contribution in [1.82, 2.24) is 0 Å². The van der Waals surface area contributed by atoms with Gasteiger partial charge in [0, 0.05) is 16.4 Å². The van der Waals surface area contributed by atoms with Crippen molar-refractivity contribution in [2.24, 2.45) is 0 Å². The molecule has 4 aromatic rings. The van der Waals surface area contributed by atoms with Crippen LogP contribution in [0.25, 0.3) is 22.1 Å². The molecule has 0 saturated heterocycles. The van der Waals surface area contributed by atoms with E-state index in [1.54, 1.807) is 0 Å². The maximum atomic E-state index is 5.88. The van der Waals surface area contributed by atoms with E-state index in [-0.39, 0.29) is 5.41 Å². The van der Waals surface area contributed by atoms with Crippen molar-refractivity contribution >= 4 is 26.9 Å². The fourth-order valence-corrected chi connectivity index (χ4v) is 4.51. The maximum absolute atomic E-state index is 5.88. The van der Waals surface area contributed by atoms with Gasteiger partial charge in [-0.05, 0) is 68.4 Å². The van der Waals surface area contributed by atoms with Crippen molar-refractivity contribution in [3.63, 3.8) is 0 Å². The molecule has 2 heteroatoms. The summed E-state index contributed by atoms with van der Waals surface area (Å²) in [6.07, 6.45) is 0. The van der Waals surface area contributed by atoms with Gasteiger partial charge in [0.1, 0.15) is 5.58 Å². The molecule has 0 N–H and O–H groups in total. The first-order valence-corrected chi connectivity index (χ1v) is 9.78. The zero-order valence-corrected chi connectivity index (χ0v) is 16.7. The minimum absolute atomic E-state index is 0.0104. The monoisotopic (exact) mass is 412 g/mol. The third-order valence-electron chi connectivity index (χ3n) is 5.44. The van der Waals surface area contributed by atoms with Gasteiger partial charge in [-0.2, -0.15) is 0 Å². The Labute approximate surface area is 167 Å². The van der Waals surface area contributed by atoms with E-state index in [0.29, 0.717) is 5.76 Å². The average Bonchev–Trinajstić information content (AvgIpc) is 3.13. The Kier molecular flexibility index (Phi) is 3.57. The lowest BCUT2D eigenvalue weighted by Gasteiger charge is -2.21. The smallest absolute Gasteiger partial charge is 0.192 e. The van der Waals surface area contributed by atoms with Crippen LogP contribution in [-0.4, -0.2) is 0 Å². The molecule has 0 atom stereocenters. The lowest BCUT2D eigenvalue weighted by atomic mass is 9.82. The molecule has 0 aliphatic heterocycles. The number of benzene rings is 3. The molecule has 1 aromatic heterocycles. The standard InChI is InChI=1S/C25H17BrO/c1-25(2)20-9-5-3-7-17(20)18-13-11-16(15-21(18)25)12-14-23-24(26)19-8-4-6-10-22(19)27-23/h3-11,13,15H,1-2H3. The van der Waals surface area contributed by atoms with Crippen LogP contribution in [0.4, 0.5) is 0 Å². The van der Waals surface area contributed by atoms with Crippen LogP contribution >= 0.6 is 15.9 Å². The Morgan fingerprint density at radius 1 is 0.815 bits per heavy atom. The minimum Gasteiger partial charge on any atom is -0.446 e. The highest BCUT2D eigenvalue weighted by Gasteiger charge is 2.34. The molecule has 0 amide bonds. The molecule has 130 valence electrons. The van der Waals surface area contributed by atoms with Gasteiger partial charge in [-0.25, -0.2) is 0 Å². The average molecular weight is 413 g/mol. The summed E-state index contributed by atoms with van der Waals surface area (Å²) in [4.78, 5) is 0. The number of hydrogen-bond donors (Lipinski definition) is 0. The minimum atomic E-state index is -0.0104. The molecule has 0 unspecified atom stereocenters. The fraction of sp³-hybridized carbons (Fsp3) is 0.120. The quantitative estimate of drug-likeness (QED) is 0.286. The lowest BCUT2D eigenvalue weighted by molar-refractivity contribution is 0.599. The van der Waals surface area contributed by atoms with Gasteiger partial charge in [0.05, 0.1) is 4.47 Å². The van der Waals surface area contributed by atoms with E-state index in [4.69, 9.17) is 4.42 Å². The predicted octanol–water partition coefficient (Wildman–Crippen LogP) is 6.90. The Morgan fingerprint density at radius 3 is 2.41 bits per heavy atom. The number of furan rings is 1. The van der Waals surface area contributed by atoms with Gasteiger partial charge in [-0.1, -0.05) is 62.2 Å². The van der Waals surface area contributed by atoms with Crippen molar-refractivity contribution in [1.29, 1.82) is 0 Å². The van der Waals surface area contributed by atoms with E-state index in [0.717, 1.165) is 21.0 Å². The predicted molar refractivity (Wildman–Crippen MR) is 114 cm³/mol. The highest BCUT2D eigenvalue weighted by atomic mass is 79.9. The normalized spacial score (nSPS) is 13.7. The zero-order chi connectivity index (χ0) is 18.6. The first-order valence-electron chi connectivity index (χ1n) is 8.99. The molecule has 3 aromatic carbocycles. The van der Waals surface area contributed by atoms with Crippen LogP contribution in [-0.2, 0) is 5.41 Å². The SMILES string of the molecule is CC1(C)c2ccccc2-c2ccc(C#Cc3oc4ccccc4c3Br)cc21. The summed E-state index contributed by atoms with van der Waals surface area (Å²) in [7, 11) is 0. The summed E-state index contributed by atoms with van der Waals surface area (Å²) < 4.78 is 6.80. The molecule has 0 radical (unpaired) electrons. The Balaban J connectivity index is 1.59. The molecule has 0 spiro atoms. The van der Waals surface area contributed by atoms with Crippen molar-refractivity contribution in [2.75, 3.05) is 0 Å². The summed E-state index contributed by atoms with van der Waals surface area (Å²) in [5.41, 5.74) is 7.19. The third kappa shape index (κ3) is 2.46. The summed E-state index contributed by atoms with van der Waals surface area (Å²) in [6, 6.07) is 23.1. The Bertz CT molecular complexity index is 1260. The second-order valence-electron chi connectivity index (χ2n) is 7.42. The van der Waals surface area contributed by atoms with Crippen LogP contribution < -0.4 is 0 Å². The first-order chi connectivity index (χ1) is 13.1. The van der Waals surface area contributed by atoms with Crippen LogP contribution in [0, 0.1) is 11.8 Å². The van der Waals surface area contributed by atoms with Crippen molar-refractivity contribution in [2.45, 2.75) is 19.3 Å². The molecule has 0 fully saturated rings. The third-order valence-corrected chi connectivity index (χ3v) is 6.23. The van der Waals surface area contributed by atoms with E-state index in [1.165, 1.54) is 22.3 Å². The van der Waals surface area contributed by atoms with Gasteiger partial charge < -0.3 is 4.42 Å². The number of para-hydroxylation sites is 1. The molecular weight excluding hydrogens is 396 g/mol. The molecular formula is C25H17BrO. The second kappa shape index (κ2) is 5.87. The molecule has 0 saturated carbocycles. The zero-order valence-electron chi connectivity index (χ0n) is 15.1. The highest BCUT2D eigenvalue weighted by molar-refractivity contribution is 9.10. The summed E-state index contributed by atoms with van der Waals surface area (Å²) in [5, 5.41) is 1.05. The molecule has 1 heterocycles. The fourth-order valence-electron chi connectivity index (χ4n) is 4.01. The van der Waals surface area contributed by atoms with Crippen LogP contribution in [0.3, 0.4) is 0 Å². The number of hydrogen-bond acceptors (Lipinski definition) is 1. The van der Waals surface area contributed by atoms with E-state index >= 15 is 0 Å². The van der Waals surface area contributed by atoms with Crippen molar-refractivity contribution in [3.8, 4) is 23.0 Å². The van der Waals surface area contributed by atoms with Crippen molar-refractivity contribution in [3.05, 3.63) is 93.7 Å². The summed E-state index contributed by atoms with van der Waals surface area (Å²) in [5.74, 6) is 7.14. The number of rotatable bonds is 0. The van der Waals surface area contributed by atoms with Crippen LogP contribution in [0.5, 0.6) is 0 Å². The van der Waals surface area contributed by atoms with Gasteiger partial charge in [-0.3, -0.25) is 0 Å². The Morgan fingerprint density at radius 2 is 1.56 bits per heavy atom. The number of halogens is 1. The Hall–Kier alpha value is -2.76. The molecule has 5 rings (SSSR count). The van der Waals surface area contributed by atoms with Gasteiger partial charge in [0.2, 0.25) is 0 Å². The molecule has 0 bridgehead atoms. The van der Waals surface area contributed by atoms with E-state index in [2.05, 4.69) is 84.1 Å². The highest BCUT2D eigenvalue weighted by Crippen LogP contribution is 2.48. The van der Waals surface area contributed by atoms with Crippen molar-refractivity contribution < 1.29 is 4.42 Å². The van der Waals surface area contributed by atoms with Gasteiger partial charge in [0.15, 0.2) is 5.76 Å². The molecule has 1 aliphatic carbocycles. The van der Waals surface area contributed by atoms with E-state index in [9.17, 15) is 0 Å². The number of fused-ring (bicyclic) bond motifs is 4. The van der Waals surface area contributed by atoms with E-state index < -0.39 is 0 Å². The van der Waals surface area contributed by atoms with Gasteiger partial charge in [0.25, 0.3) is 0 Å². The molecule has 27 heavy (non-hydrogen) atoms. The van der Waals surface area contributed by atoms with Crippen LogP contribution in [0.15, 0.2) is 75.6 Å². The summed E-state index contributed by atoms with van der Waals surface area (Å²) in [6.45, 7) is 4.56. The van der Waals surface area contributed by atoms with Crippen LogP contribution in [0.2, 0.25) is 0 Å². The molecule has 1 nitrogen and oxygen atoms in total. The topological polar surface area (TPSA) is 13.1 Å². The second-order valence-corrected chi connectivity index (χ2v) is 8.22. The summed E-state index contributed by atoms with van der Waals surface area (Å²) >= 11 is 3.62. The van der Waals surface area contributed by atoms with Gasteiger partial charge >= 0.3 is 0 Å². The first kappa shape index (κ1) is 16.4. The largest absolute Gasteiger partial charge is 0.446 e. The maximum Gasteiger partial charge on any atom is 0.192 e.